The molecular formula is C17H26N2S. The lowest BCUT2D eigenvalue weighted by Gasteiger charge is -2.54. The van der Waals surface area contributed by atoms with Gasteiger partial charge < -0.3 is 4.90 Å². The van der Waals surface area contributed by atoms with E-state index in [9.17, 15) is 0 Å². The monoisotopic (exact) mass is 290 g/mol. The maximum absolute atomic E-state index is 4.42. The zero-order valence-electron chi connectivity index (χ0n) is 12.7. The minimum Gasteiger partial charge on any atom is -0.301 e. The van der Waals surface area contributed by atoms with Gasteiger partial charge >= 0.3 is 0 Å². The van der Waals surface area contributed by atoms with Crippen LogP contribution in [0.15, 0.2) is 29.2 Å². The second-order valence-corrected chi connectivity index (χ2v) is 7.46. The first-order valence-electron chi connectivity index (χ1n) is 7.81. The van der Waals surface area contributed by atoms with Crippen LogP contribution in [0, 0.1) is 5.41 Å². The molecule has 2 saturated heterocycles. The number of likely N-dealkylation sites (tertiary alicyclic amines) is 2. The van der Waals surface area contributed by atoms with Crippen LogP contribution in [0.3, 0.4) is 0 Å². The number of rotatable bonds is 3. The third-order valence-electron chi connectivity index (χ3n) is 5.02. The minimum atomic E-state index is 0.629. The molecule has 3 heteroatoms. The summed E-state index contributed by atoms with van der Waals surface area (Å²) in [6.45, 7) is 10.9. The molecule has 1 aromatic rings. The van der Waals surface area contributed by atoms with Crippen molar-refractivity contribution in [3.63, 3.8) is 0 Å². The average molecular weight is 290 g/mol. The Labute approximate surface area is 128 Å². The molecule has 0 bridgehead atoms. The summed E-state index contributed by atoms with van der Waals surface area (Å²) in [5, 5.41) is 0. The lowest BCUT2D eigenvalue weighted by atomic mass is 9.71. The molecule has 1 spiro atoms. The molecule has 0 unspecified atom stereocenters. The van der Waals surface area contributed by atoms with E-state index in [0.717, 1.165) is 11.4 Å². The molecule has 3 rings (SSSR count). The second kappa shape index (κ2) is 5.70. The van der Waals surface area contributed by atoms with E-state index in [0.29, 0.717) is 11.5 Å². The summed E-state index contributed by atoms with van der Waals surface area (Å²) < 4.78 is 0. The van der Waals surface area contributed by atoms with Gasteiger partial charge in [-0.05, 0) is 62.9 Å². The van der Waals surface area contributed by atoms with E-state index in [1.807, 2.05) is 6.07 Å². The van der Waals surface area contributed by atoms with Crippen LogP contribution >= 0.6 is 12.6 Å². The summed E-state index contributed by atoms with van der Waals surface area (Å²) in [4.78, 5) is 6.29. The molecule has 0 amide bonds. The van der Waals surface area contributed by atoms with Crippen LogP contribution in [-0.2, 0) is 6.54 Å². The largest absolute Gasteiger partial charge is 0.301 e. The predicted molar refractivity (Wildman–Crippen MR) is 87.3 cm³/mol. The van der Waals surface area contributed by atoms with Crippen LogP contribution in [-0.4, -0.2) is 42.0 Å². The molecule has 0 atom stereocenters. The summed E-state index contributed by atoms with van der Waals surface area (Å²) >= 11 is 4.42. The van der Waals surface area contributed by atoms with Gasteiger partial charge in [0.15, 0.2) is 0 Å². The summed E-state index contributed by atoms with van der Waals surface area (Å²) in [5.41, 5.74) is 2.02. The number of thiol groups is 1. The summed E-state index contributed by atoms with van der Waals surface area (Å²) in [5.74, 6) is 0. The van der Waals surface area contributed by atoms with E-state index in [2.05, 4.69) is 54.5 Å². The summed E-state index contributed by atoms with van der Waals surface area (Å²) in [6.07, 6.45) is 2.77. The quantitative estimate of drug-likeness (QED) is 0.854. The maximum atomic E-state index is 4.42. The van der Waals surface area contributed by atoms with Gasteiger partial charge in [-0.15, -0.1) is 12.6 Å². The lowest BCUT2D eigenvalue weighted by Crippen LogP contribution is -2.60. The molecule has 2 nitrogen and oxygen atoms in total. The number of benzene rings is 1. The van der Waals surface area contributed by atoms with Crippen molar-refractivity contribution in [2.75, 3.05) is 26.2 Å². The highest BCUT2D eigenvalue weighted by Gasteiger charge is 2.44. The van der Waals surface area contributed by atoms with Crippen LogP contribution in [0.4, 0.5) is 0 Å². The predicted octanol–water partition coefficient (Wildman–Crippen LogP) is 3.28. The average Bonchev–Trinajstić information content (AvgIpc) is 2.37. The molecule has 2 fully saturated rings. The van der Waals surface area contributed by atoms with Gasteiger partial charge in [0, 0.05) is 30.6 Å². The van der Waals surface area contributed by atoms with Crippen molar-refractivity contribution in [2.24, 2.45) is 5.41 Å². The Morgan fingerprint density at radius 3 is 2.50 bits per heavy atom. The first-order chi connectivity index (χ1) is 9.56. The van der Waals surface area contributed by atoms with Crippen molar-refractivity contribution in [3.05, 3.63) is 29.8 Å². The fourth-order valence-electron chi connectivity index (χ4n) is 3.76. The lowest BCUT2D eigenvalue weighted by molar-refractivity contribution is -0.0557. The Hall–Kier alpha value is -0.510. The maximum Gasteiger partial charge on any atom is 0.0234 e. The van der Waals surface area contributed by atoms with E-state index < -0.39 is 0 Å². The van der Waals surface area contributed by atoms with Gasteiger partial charge in [0.2, 0.25) is 0 Å². The van der Waals surface area contributed by atoms with Gasteiger partial charge in [-0.25, -0.2) is 0 Å². The number of piperidine rings is 1. The van der Waals surface area contributed by atoms with Gasteiger partial charge in [-0.3, -0.25) is 4.90 Å². The van der Waals surface area contributed by atoms with Crippen LogP contribution in [0.2, 0.25) is 0 Å². The van der Waals surface area contributed by atoms with Gasteiger partial charge in [-0.1, -0.05) is 12.1 Å². The fourth-order valence-corrected chi connectivity index (χ4v) is 4.01. The third-order valence-corrected chi connectivity index (χ3v) is 5.30. The molecule has 2 aliphatic heterocycles. The van der Waals surface area contributed by atoms with E-state index in [1.165, 1.54) is 44.6 Å². The molecule has 0 radical (unpaired) electrons. The Morgan fingerprint density at radius 1 is 1.20 bits per heavy atom. The highest BCUT2D eigenvalue weighted by molar-refractivity contribution is 7.80. The Balaban J connectivity index is 1.49. The van der Waals surface area contributed by atoms with Crippen molar-refractivity contribution < 1.29 is 0 Å². The summed E-state index contributed by atoms with van der Waals surface area (Å²) in [6, 6.07) is 9.27. The van der Waals surface area contributed by atoms with E-state index >= 15 is 0 Å². The Kier molecular flexibility index (Phi) is 4.11. The first kappa shape index (κ1) is 14.4. The SMILES string of the molecule is CC(C)N1CCC2(CC1)CN(Cc1cccc(S)c1)C2. The number of hydrogen-bond acceptors (Lipinski definition) is 3. The molecule has 2 heterocycles. The van der Waals surface area contributed by atoms with Gasteiger partial charge in [0.1, 0.15) is 0 Å². The van der Waals surface area contributed by atoms with Crippen molar-refractivity contribution >= 4 is 12.6 Å². The molecular weight excluding hydrogens is 264 g/mol. The molecule has 0 aromatic heterocycles. The Bertz CT molecular complexity index is 456. The van der Waals surface area contributed by atoms with Crippen LogP contribution < -0.4 is 0 Å². The highest BCUT2D eigenvalue weighted by Crippen LogP contribution is 2.41. The molecule has 2 aliphatic rings. The molecule has 110 valence electrons. The van der Waals surface area contributed by atoms with Crippen molar-refractivity contribution in [2.45, 2.75) is 44.2 Å². The molecule has 0 N–H and O–H groups in total. The molecule has 0 saturated carbocycles. The smallest absolute Gasteiger partial charge is 0.0234 e. The number of hydrogen-bond donors (Lipinski definition) is 1. The zero-order chi connectivity index (χ0) is 14.2. The van der Waals surface area contributed by atoms with Crippen LogP contribution in [0.1, 0.15) is 32.3 Å². The standard InChI is InChI=1S/C17H26N2S/c1-14(2)19-8-6-17(7-9-19)12-18(13-17)11-15-4-3-5-16(20)10-15/h3-5,10,14,20H,6-9,11-13H2,1-2H3. The van der Waals surface area contributed by atoms with Gasteiger partial charge in [0.25, 0.3) is 0 Å². The van der Waals surface area contributed by atoms with Crippen molar-refractivity contribution in [3.8, 4) is 0 Å². The van der Waals surface area contributed by atoms with E-state index in [4.69, 9.17) is 0 Å². The minimum absolute atomic E-state index is 0.629. The van der Waals surface area contributed by atoms with Crippen LogP contribution in [0.5, 0.6) is 0 Å². The van der Waals surface area contributed by atoms with Gasteiger partial charge in [0.05, 0.1) is 0 Å². The molecule has 1 aromatic carbocycles. The highest BCUT2D eigenvalue weighted by atomic mass is 32.1. The van der Waals surface area contributed by atoms with Crippen molar-refractivity contribution in [1.82, 2.24) is 9.80 Å². The normalized spacial score (nSPS) is 23.2. The summed E-state index contributed by atoms with van der Waals surface area (Å²) in [7, 11) is 0. The zero-order valence-corrected chi connectivity index (χ0v) is 13.6. The van der Waals surface area contributed by atoms with E-state index in [1.54, 1.807) is 0 Å². The third kappa shape index (κ3) is 3.05. The van der Waals surface area contributed by atoms with Crippen LogP contribution in [0.25, 0.3) is 0 Å². The molecule has 0 aliphatic carbocycles. The molecule has 20 heavy (non-hydrogen) atoms. The first-order valence-corrected chi connectivity index (χ1v) is 8.25. The topological polar surface area (TPSA) is 6.48 Å². The van der Waals surface area contributed by atoms with Crippen molar-refractivity contribution in [1.29, 1.82) is 0 Å². The number of nitrogens with zero attached hydrogens (tertiary/aromatic N) is 2. The second-order valence-electron chi connectivity index (χ2n) is 6.94. The van der Waals surface area contributed by atoms with Gasteiger partial charge in [-0.2, -0.15) is 0 Å². The Morgan fingerprint density at radius 2 is 1.90 bits per heavy atom. The van der Waals surface area contributed by atoms with E-state index in [-0.39, 0.29) is 0 Å². The fraction of sp³-hybridized carbons (Fsp3) is 0.647.